The second-order valence-corrected chi connectivity index (χ2v) is 5.04. The van der Waals surface area contributed by atoms with Crippen molar-refractivity contribution in [2.45, 2.75) is 26.6 Å². The zero-order chi connectivity index (χ0) is 15.7. The molecule has 0 bridgehead atoms. The van der Waals surface area contributed by atoms with E-state index in [4.69, 9.17) is 14.3 Å². The quantitative estimate of drug-likeness (QED) is 0.906. The molecule has 0 saturated carbocycles. The van der Waals surface area contributed by atoms with Gasteiger partial charge in [-0.25, -0.2) is 4.79 Å². The van der Waals surface area contributed by atoms with Crippen molar-refractivity contribution in [2.24, 2.45) is 0 Å². The highest BCUT2D eigenvalue weighted by atomic mass is 16.5. The summed E-state index contributed by atoms with van der Waals surface area (Å²) in [6.45, 7) is 2.89. The van der Waals surface area contributed by atoms with Gasteiger partial charge in [-0.3, -0.25) is 4.79 Å². The number of carbonyl (C=O) groups excluding carboxylic acids is 1. The maximum absolute atomic E-state index is 12.2. The first-order valence-electron chi connectivity index (χ1n) is 6.95. The van der Waals surface area contributed by atoms with Crippen LogP contribution in [0.3, 0.4) is 0 Å². The van der Waals surface area contributed by atoms with Crippen molar-refractivity contribution in [1.29, 1.82) is 0 Å². The maximum Gasteiger partial charge on any atom is 0.339 e. The average Bonchev–Trinajstić information content (AvgIpc) is 3.13. The molecule has 3 rings (SSSR count). The fraction of sp³-hybridized carbons (Fsp3) is 0.250. The minimum absolute atomic E-state index is 0.00833. The van der Waals surface area contributed by atoms with Crippen LogP contribution in [0.1, 0.15) is 44.7 Å². The summed E-state index contributed by atoms with van der Waals surface area (Å²) < 4.78 is 10.7. The van der Waals surface area contributed by atoms with E-state index in [-0.39, 0.29) is 11.3 Å². The molecule has 6 nitrogen and oxygen atoms in total. The highest BCUT2D eigenvalue weighted by Crippen LogP contribution is 2.24. The molecule has 1 aliphatic rings. The van der Waals surface area contributed by atoms with E-state index in [0.29, 0.717) is 31.1 Å². The number of anilines is 1. The van der Waals surface area contributed by atoms with E-state index >= 15 is 0 Å². The normalized spacial score (nSPS) is 13.0. The third kappa shape index (κ3) is 2.60. The molecule has 0 spiro atoms. The summed E-state index contributed by atoms with van der Waals surface area (Å²) in [4.78, 5) is 23.3. The lowest BCUT2D eigenvalue weighted by Crippen LogP contribution is -2.11. The van der Waals surface area contributed by atoms with Crippen LogP contribution >= 0.6 is 0 Å². The summed E-state index contributed by atoms with van der Waals surface area (Å²) in [5.74, 6) is -1.29. The van der Waals surface area contributed by atoms with E-state index in [9.17, 15) is 9.59 Å². The van der Waals surface area contributed by atoms with Gasteiger partial charge in [-0.05, 0) is 23.3 Å². The Kier molecular flexibility index (Phi) is 3.68. The second-order valence-electron chi connectivity index (χ2n) is 5.04. The van der Waals surface area contributed by atoms with Crippen LogP contribution in [0.25, 0.3) is 0 Å². The Morgan fingerprint density at radius 3 is 2.68 bits per heavy atom. The van der Waals surface area contributed by atoms with Gasteiger partial charge in [0.1, 0.15) is 11.3 Å². The minimum atomic E-state index is -1.10. The Bertz CT molecular complexity index is 747. The highest BCUT2D eigenvalue weighted by Gasteiger charge is 2.20. The predicted molar refractivity (Wildman–Crippen MR) is 77.9 cm³/mol. The van der Waals surface area contributed by atoms with E-state index in [2.05, 4.69) is 5.32 Å². The van der Waals surface area contributed by atoms with E-state index in [1.165, 1.54) is 6.07 Å². The number of carboxylic acid groups (broad SMARTS) is 1. The Hall–Kier alpha value is -2.60. The molecule has 2 N–H and O–H groups in total. The number of benzene rings is 1. The van der Waals surface area contributed by atoms with Crippen LogP contribution < -0.4 is 5.32 Å². The predicted octanol–water partition coefficient (Wildman–Crippen LogP) is 2.82. The zero-order valence-electron chi connectivity index (χ0n) is 12.0. The SMILES string of the molecule is CCc1oc(C(=O)Nc2ccc3c(c2)COC3)cc1C(=O)O. The van der Waals surface area contributed by atoms with Crippen LogP contribution in [0, 0.1) is 0 Å². The Morgan fingerprint density at radius 2 is 2.00 bits per heavy atom. The lowest BCUT2D eigenvalue weighted by atomic mass is 10.1. The number of carbonyl (C=O) groups is 2. The number of rotatable bonds is 4. The molecular weight excluding hydrogens is 286 g/mol. The highest BCUT2D eigenvalue weighted by molar-refractivity contribution is 6.04. The average molecular weight is 301 g/mol. The van der Waals surface area contributed by atoms with E-state index in [1.54, 1.807) is 13.0 Å². The van der Waals surface area contributed by atoms with E-state index in [0.717, 1.165) is 11.1 Å². The molecule has 0 radical (unpaired) electrons. The maximum atomic E-state index is 12.2. The summed E-state index contributed by atoms with van der Waals surface area (Å²) in [6.07, 6.45) is 0.408. The molecule has 22 heavy (non-hydrogen) atoms. The minimum Gasteiger partial charge on any atom is -0.478 e. The summed E-state index contributed by atoms with van der Waals surface area (Å²) in [6, 6.07) is 6.79. The number of hydrogen-bond acceptors (Lipinski definition) is 4. The molecule has 114 valence electrons. The summed E-state index contributed by atoms with van der Waals surface area (Å²) in [5, 5.41) is 11.8. The molecule has 1 aliphatic heterocycles. The molecule has 0 aliphatic carbocycles. The van der Waals surface area contributed by atoms with Crippen molar-refractivity contribution >= 4 is 17.6 Å². The Morgan fingerprint density at radius 1 is 1.23 bits per heavy atom. The van der Waals surface area contributed by atoms with Crippen molar-refractivity contribution in [3.8, 4) is 0 Å². The van der Waals surface area contributed by atoms with Gasteiger partial charge in [0.25, 0.3) is 5.91 Å². The van der Waals surface area contributed by atoms with Crippen LogP contribution in [0.15, 0.2) is 28.7 Å². The number of amides is 1. The number of nitrogens with one attached hydrogen (secondary N) is 1. The topological polar surface area (TPSA) is 88.8 Å². The number of aromatic carboxylic acids is 1. The number of fused-ring (bicyclic) bond motifs is 1. The third-order valence-electron chi connectivity index (χ3n) is 3.56. The lowest BCUT2D eigenvalue weighted by Gasteiger charge is -2.05. The number of hydrogen-bond donors (Lipinski definition) is 2. The molecule has 0 fully saturated rings. The molecular formula is C16H15NO5. The fourth-order valence-corrected chi connectivity index (χ4v) is 2.43. The second kappa shape index (κ2) is 5.65. The van der Waals surface area contributed by atoms with Gasteiger partial charge >= 0.3 is 5.97 Å². The molecule has 0 unspecified atom stereocenters. The van der Waals surface area contributed by atoms with Gasteiger partial charge in [0, 0.05) is 18.2 Å². The van der Waals surface area contributed by atoms with Gasteiger partial charge < -0.3 is 19.6 Å². The van der Waals surface area contributed by atoms with Crippen molar-refractivity contribution < 1.29 is 23.8 Å². The molecule has 0 atom stereocenters. The fourth-order valence-electron chi connectivity index (χ4n) is 2.43. The first-order valence-corrected chi connectivity index (χ1v) is 6.95. The number of aryl methyl sites for hydroxylation is 1. The number of furan rings is 1. The van der Waals surface area contributed by atoms with E-state index < -0.39 is 11.9 Å². The number of carboxylic acids is 1. The van der Waals surface area contributed by atoms with Crippen LogP contribution in [-0.4, -0.2) is 17.0 Å². The van der Waals surface area contributed by atoms with Crippen molar-refractivity contribution in [3.63, 3.8) is 0 Å². The van der Waals surface area contributed by atoms with Crippen molar-refractivity contribution in [2.75, 3.05) is 5.32 Å². The molecule has 0 saturated heterocycles. The molecule has 2 aromatic rings. The standard InChI is InChI=1S/C16H15NO5/c1-2-13-12(16(19)20)6-14(22-13)15(18)17-11-4-3-9-7-21-8-10(9)5-11/h3-6H,2,7-8H2,1H3,(H,17,18)(H,19,20). The molecule has 2 heterocycles. The van der Waals surface area contributed by atoms with Crippen LogP contribution in [0.5, 0.6) is 0 Å². The first kappa shape index (κ1) is 14.3. The van der Waals surface area contributed by atoms with Crippen molar-refractivity contribution in [1.82, 2.24) is 0 Å². The van der Waals surface area contributed by atoms with Gasteiger partial charge in [0.05, 0.1) is 13.2 Å². The first-order chi connectivity index (χ1) is 10.6. The largest absolute Gasteiger partial charge is 0.478 e. The number of ether oxygens (including phenoxy) is 1. The van der Waals surface area contributed by atoms with Gasteiger partial charge in [-0.2, -0.15) is 0 Å². The third-order valence-corrected chi connectivity index (χ3v) is 3.56. The van der Waals surface area contributed by atoms with Gasteiger partial charge in [0.2, 0.25) is 0 Å². The van der Waals surface area contributed by atoms with Crippen LogP contribution in [0.4, 0.5) is 5.69 Å². The van der Waals surface area contributed by atoms with Gasteiger partial charge in [-0.1, -0.05) is 13.0 Å². The smallest absolute Gasteiger partial charge is 0.339 e. The zero-order valence-corrected chi connectivity index (χ0v) is 12.0. The Labute approximate surface area is 126 Å². The van der Waals surface area contributed by atoms with Gasteiger partial charge in [0.15, 0.2) is 5.76 Å². The summed E-state index contributed by atoms with van der Waals surface area (Å²) in [7, 11) is 0. The lowest BCUT2D eigenvalue weighted by molar-refractivity contribution is 0.0694. The van der Waals surface area contributed by atoms with Crippen LogP contribution in [-0.2, 0) is 24.4 Å². The van der Waals surface area contributed by atoms with Gasteiger partial charge in [-0.15, -0.1) is 0 Å². The summed E-state index contributed by atoms with van der Waals surface area (Å²) >= 11 is 0. The molecule has 1 aromatic carbocycles. The molecule has 1 amide bonds. The van der Waals surface area contributed by atoms with Crippen LogP contribution in [0.2, 0.25) is 0 Å². The van der Waals surface area contributed by atoms with Crippen molar-refractivity contribution in [3.05, 3.63) is 52.5 Å². The monoisotopic (exact) mass is 301 g/mol. The van der Waals surface area contributed by atoms with E-state index in [1.807, 2.05) is 12.1 Å². The molecule has 1 aromatic heterocycles. The Balaban J connectivity index is 1.81. The molecule has 6 heteroatoms. The summed E-state index contributed by atoms with van der Waals surface area (Å²) in [5.41, 5.74) is 2.80.